The number of nitrogens with one attached hydrogen (secondary N) is 3. The molecule has 0 saturated carbocycles. The van der Waals surface area contributed by atoms with E-state index in [1.165, 1.54) is 13.3 Å². The largest absolute Gasteiger partial charge is 0.493 e. The van der Waals surface area contributed by atoms with Crippen LogP contribution in [0.5, 0.6) is 11.5 Å². The second kappa shape index (κ2) is 12.7. The van der Waals surface area contributed by atoms with Crippen molar-refractivity contribution in [2.75, 3.05) is 19.0 Å². The average Bonchev–Trinajstić information content (AvgIpc) is 2.80. The Morgan fingerprint density at radius 2 is 1.91 bits per heavy atom. The third-order valence-corrected chi connectivity index (χ3v) is 5.64. The molecule has 0 spiro atoms. The summed E-state index contributed by atoms with van der Waals surface area (Å²) in [7, 11) is 1.47. The lowest BCUT2D eigenvalue weighted by atomic mass is 10.1. The monoisotopic (exact) mass is 532 g/mol. The van der Waals surface area contributed by atoms with Gasteiger partial charge in [0.05, 0.1) is 17.8 Å². The van der Waals surface area contributed by atoms with Crippen LogP contribution in [0.15, 0.2) is 39.9 Å². The van der Waals surface area contributed by atoms with E-state index in [1.54, 1.807) is 19.1 Å². The first-order valence-corrected chi connectivity index (χ1v) is 11.5. The number of rotatable bonds is 9. The van der Waals surface area contributed by atoms with Crippen molar-refractivity contribution in [1.82, 2.24) is 10.7 Å². The Morgan fingerprint density at radius 3 is 2.59 bits per heavy atom. The molecule has 10 heteroatoms. The van der Waals surface area contributed by atoms with Crippen LogP contribution < -0.4 is 25.5 Å². The van der Waals surface area contributed by atoms with Crippen LogP contribution in [0.25, 0.3) is 0 Å². The molecule has 34 heavy (non-hydrogen) atoms. The van der Waals surface area contributed by atoms with Gasteiger partial charge in [0.15, 0.2) is 18.1 Å². The van der Waals surface area contributed by atoms with Gasteiger partial charge in [-0.1, -0.05) is 19.1 Å². The maximum Gasteiger partial charge on any atom is 0.329 e. The van der Waals surface area contributed by atoms with Crippen molar-refractivity contribution >= 4 is 45.6 Å². The number of aryl methyl sites for hydroxylation is 1. The molecule has 0 unspecified atom stereocenters. The molecule has 2 rings (SSSR count). The molecule has 0 aliphatic rings. The second-order valence-corrected chi connectivity index (χ2v) is 8.45. The molecule has 0 aromatic heterocycles. The maximum atomic E-state index is 12.4. The molecule has 0 bridgehead atoms. The van der Waals surface area contributed by atoms with Gasteiger partial charge < -0.3 is 20.1 Å². The molecule has 0 fully saturated rings. The van der Waals surface area contributed by atoms with Crippen LogP contribution in [0.3, 0.4) is 0 Å². The van der Waals surface area contributed by atoms with E-state index in [4.69, 9.17) is 9.47 Å². The molecule has 2 aromatic carbocycles. The highest BCUT2D eigenvalue weighted by atomic mass is 79.9. The van der Waals surface area contributed by atoms with Crippen LogP contribution in [-0.2, 0) is 14.4 Å². The SMILES string of the molecule is CC[C@H](C)NC(=O)C(=O)N/N=C\c1cc(Br)c(OCC(=O)Nc2cccc(C)c2C)c(OC)c1. The van der Waals surface area contributed by atoms with Gasteiger partial charge in [0, 0.05) is 11.7 Å². The first-order valence-electron chi connectivity index (χ1n) is 10.7. The van der Waals surface area contributed by atoms with Crippen molar-refractivity contribution < 1.29 is 23.9 Å². The maximum absolute atomic E-state index is 12.4. The Bertz CT molecular complexity index is 1090. The van der Waals surface area contributed by atoms with E-state index in [1.807, 2.05) is 39.0 Å². The van der Waals surface area contributed by atoms with Gasteiger partial charge in [0.1, 0.15) is 0 Å². The summed E-state index contributed by atoms with van der Waals surface area (Å²) in [6.45, 7) is 7.39. The standard InChI is InChI=1S/C24H29BrN4O5/c1-6-15(3)27-23(31)24(32)29-26-12-17-10-18(25)22(20(11-17)33-5)34-13-21(30)28-19-9-7-8-14(2)16(19)4/h7-12,15H,6,13H2,1-5H3,(H,27,31)(H,28,30)(H,29,32)/b26-12-/t15-/m0/s1. The van der Waals surface area contributed by atoms with E-state index in [-0.39, 0.29) is 18.6 Å². The molecule has 0 radical (unpaired) electrons. The van der Waals surface area contributed by atoms with Crippen molar-refractivity contribution in [3.8, 4) is 11.5 Å². The number of carbonyl (C=O) groups excluding carboxylic acids is 3. The molecular formula is C24H29BrN4O5. The summed E-state index contributed by atoms with van der Waals surface area (Å²) >= 11 is 3.41. The van der Waals surface area contributed by atoms with Gasteiger partial charge in [-0.3, -0.25) is 14.4 Å². The Morgan fingerprint density at radius 1 is 1.18 bits per heavy atom. The quantitative estimate of drug-likeness (QED) is 0.259. The van der Waals surface area contributed by atoms with Crippen molar-refractivity contribution in [2.45, 2.75) is 40.2 Å². The number of ether oxygens (including phenoxy) is 2. The second-order valence-electron chi connectivity index (χ2n) is 7.60. The minimum Gasteiger partial charge on any atom is -0.493 e. The minimum absolute atomic E-state index is 0.113. The van der Waals surface area contributed by atoms with Crippen molar-refractivity contribution in [1.29, 1.82) is 0 Å². The highest BCUT2D eigenvalue weighted by Crippen LogP contribution is 2.36. The van der Waals surface area contributed by atoms with E-state index in [0.29, 0.717) is 28.0 Å². The van der Waals surface area contributed by atoms with Crippen LogP contribution in [0.1, 0.15) is 37.0 Å². The number of nitrogens with zero attached hydrogens (tertiary/aromatic N) is 1. The zero-order valence-electron chi connectivity index (χ0n) is 19.8. The first-order chi connectivity index (χ1) is 16.2. The summed E-state index contributed by atoms with van der Waals surface area (Å²) in [5.41, 5.74) is 5.54. The molecule has 0 heterocycles. The fourth-order valence-corrected chi connectivity index (χ4v) is 3.35. The predicted octanol–water partition coefficient (Wildman–Crippen LogP) is 3.46. The number of anilines is 1. The fraction of sp³-hybridized carbons (Fsp3) is 0.333. The van der Waals surface area contributed by atoms with Crippen LogP contribution >= 0.6 is 15.9 Å². The molecule has 3 N–H and O–H groups in total. The van der Waals surface area contributed by atoms with E-state index >= 15 is 0 Å². The van der Waals surface area contributed by atoms with Crippen LogP contribution in [0.4, 0.5) is 5.69 Å². The Labute approximate surface area is 207 Å². The Hall–Kier alpha value is -3.40. The third-order valence-electron chi connectivity index (χ3n) is 5.05. The molecule has 0 saturated heterocycles. The third kappa shape index (κ3) is 7.58. The van der Waals surface area contributed by atoms with Crippen molar-refractivity contribution in [3.63, 3.8) is 0 Å². The van der Waals surface area contributed by atoms with Gasteiger partial charge in [0.2, 0.25) is 0 Å². The Balaban J connectivity index is 2.01. The highest BCUT2D eigenvalue weighted by Gasteiger charge is 2.16. The highest BCUT2D eigenvalue weighted by molar-refractivity contribution is 9.10. The summed E-state index contributed by atoms with van der Waals surface area (Å²) in [6.07, 6.45) is 2.07. The minimum atomic E-state index is -0.864. The number of methoxy groups -OCH3 is 1. The topological polar surface area (TPSA) is 118 Å². The normalized spacial score (nSPS) is 11.6. The molecule has 2 aromatic rings. The number of amides is 3. The summed E-state index contributed by atoms with van der Waals surface area (Å²) in [6, 6.07) is 8.86. The van der Waals surface area contributed by atoms with Crippen LogP contribution in [0.2, 0.25) is 0 Å². The lowest BCUT2D eigenvalue weighted by molar-refractivity contribution is -0.139. The number of hydrazone groups is 1. The van der Waals surface area contributed by atoms with Crippen molar-refractivity contribution in [3.05, 3.63) is 51.5 Å². The van der Waals surface area contributed by atoms with E-state index in [2.05, 4.69) is 37.1 Å². The number of benzene rings is 2. The summed E-state index contributed by atoms with van der Waals surface area (Å²) in [5.74, 6) is -1.24. The summed E-state index contributed by atoms with van der Waals surface area (Å²) in [4.78, 5) is 36.0. The lowest BCUT2D eigenvalue weighted by Gasteiger charge is -2.14. The van der Waals surface area contributed by atoms with Crippen LogP contribution in [-0.4, -0.2) is 43.7 Å². The van der Waals surface area contributed by atoms with Gasteiger partial charge in [-0.15, -0.1) is 0 Å². The van der Waals surface area contributed by atoms with Gasteiger partial charge in [0.25, 0.3) is 5.91 Å². The van der Waals surface area contributed by atoms with E-state index in [0.717, 1.165) is 16.8 Å². The number of halogens is 1. The summed E-state index contributed by atoms with van der Waals surface area (Å²) < 4.78 is 11.6. The molecule has 0 aliphatic carbocycles. The van der Waals surface area contributed by atoms with Gasteiger partial charge in [-0.05, 0) is 78.0 Å². The van der Waals surface area contributed by atoms with Gasteiger partial charge in [-0.25, -0.2) is 5.43 Å². The summed E-state index contributed by atoms with van der Waals surface area (Å²) in [5, 5.41) is 9.21. The number of carbonyl (C=O) groups is 3. The zero-order valence-corrected chi connectivity index (χ0v) is 21.4. The molecule has 9 nitrogen and oxygen atoms in total. The van der Waals surface area contributed by atoms with Crippen molar-refractivity contribution in [2.24, 2.45) is 5.10 Å². The molecule has 182 valence electrons. The van der Waals surface area contributed by atoms with Crippen LogP contribution in [0, 0.1) is 13.8 Å². The molecule has 1 atom stereocenters. The number of hydrogen-bond acceptors (Lipinski definition) is 6. The first kappa shape index (κ1) is 26.8. The van der Waals surface area contributed by atoms with Gasteiger partial charge in [-0.2, -0.15) is 5.10 Å². The molecule has 3 amide bonds. The smallest absolute Gasteiger partial charge is 0.329 e. The zero-order chi connectivity index (χ0) is 25.3. The Kier molecular flexibility index (Phi) is 10.1. The fourth-order valence-electron chi connectivity index (χ4n) is 2.77. The van der Waals surface area contributed by atoms with E-state index in [9.17, 15) is 14.4 Å². The average molecular weight is 533 g/mol. The number of hydrogen-bond donors (Lipinski definition) is 3. The molecular weight excluding hydrogens is 504 g/mol. The van der Waals surface area contributed by atoms with Gasteiger partial charge >= 0.3 is 11.8 Å². The predicted molar refractivity (Wildman–Crippen MR) is 134 cm³/mol. The lowest BCUT2D eigenvalue weighted by Crippen LogP contribution is -2.41. The molecule has 0 aliphatic heterocycles. The van der Waals surface area contributed by atoms with E-state index < -0.39 is 11.8 Å².